The molecule has 0 radical (unpaired) electrons. The molecule has 1 rings (SSSR count). The average molecular weight is 314 g/mol. The van der Waals surface area contributed by atoms with E-state index in [2.05, 4.69) is 15.9 Å². The molecule has 0 aliphatic rings. The van der Waals surface area contributed by atoms with Crippen molar-refractivity contribution < 1.29 is 9.90 Å². The van der Waals surface area contributed by atoms with Crippen LogP contribution in [0.4, 0.5) is 4.79 Å². The predicted molar refractivity (Wildman–Crippen MR) is 76.8 cm³/mol. The fourth-order valence-corrected chi connectivity index (χ4v) is 2.76. The highest BCUT2D eigenvalue weighted by atomic mass is 79.9. The first-order valence-corrected chi connectivity index (χ1v) is 6.65. The molecule has 0 heterocycles. The summed E-state index contributed by atoms with van der Waals surface area (Å²) in [6, 6.07) is 7.76. The van der Waals surface area contributed by atoms with Gasteiger partial charge in [-0.15, -0.1) is 0 Å². The van der Waals surface area contributed by atoms with Crippen LogP contribution in [-0.2, 0) is 5.54 Å². The lowest BCUT2D eigenvalue weighted by atomic mass is 9.88. The summed E-state index contributed by atoms with van der Waals surface area (Å²) in [5.41, 5.74) is -0.0832. The molecule has 0 saturated carbocycles. The standard InChI is InChI=1S/C14H20BrNO2/c1-13(2,3)16(12(17)18)14(4,5)10-7-6-8-11(15)9-10/h6-9H,1-5H3,(H,17,18). The van der Waals surface area contributed by atoms with Gasteiger partial charge in [-0.05, 0) is 52.3 Å². The van der Waals surface area contributed by atoms with Gasteiger partial charge in [-0.3, -0.25) is 4.90 Å². The Morgan fingerprint density at radius 2 is 1.78 bits per heavy atom. The monoisotopic (exact) mass is 313 g/mol. The van der Waals surface area contributed by atoms with Crippen LogP contribution in [0.15, 0.2) is 28.7 Å². The van der Waals surface area contributed by atoms with Crippen LogP contribution in [0.5, 0.6) is 0 Å². The Kier molecular flexibility index (Phi) is 4.11. The van der Waals surface area contributed by atoms with Crippen LogP contribution in [0.2, 0.25) is 0 Å². The summed E-state index contributed by atoms with van der Waals surface area (Å²) in [6.07, 6.45) is -0.910. The van der Waals surface area contributed by atoms with E-state index in [-0.39, 0.29) is 0 Å². The molecule has 3 nitrogen and oxygen atoms in total. The summed E-state index contributed by atoms with van der Waals surface area (Å²) in [6.45, 7) is 9.56. The van der Waals surface area contributed by atoms with Crippen molar-refractivity contribution in [2.75, 3.05) is 0 Å². The summed E-state index contributed by atoms with van der Waals surface area (Å²) in [5, 5.41) is 9.49. The first-order chi connectivity index (χ1) is 8.06. The van der Waals surface area contributed by atoms with Gasteiger partial charge in [0.1, 0.15) is 0 Å². The highest BCUT2D eigenvalue weighted by molar-refractivity contribution is 9.10. The van der Waals surface area contributed by atoms with Gasteiger partial charge < -0.3 is 5.11 Å². The van der Waals surface area contributed by atoms with Gasteiger partial charge in [0.2, 0.25) is 0 Å². The molecule has 0 bridgehead atoms. The van der Waals surface area contributed by atoms with Gasteiger partial charge in [0.15, 0.2) is 0 Å². The molecule has 0 aliphatic heterocycles. The van der Waals surface area contributed by atoms with Crippen molar-refractivity contribution in [3.63, 3.8) is 0 Å². The maximum Gasteiger partial charge on any atom is 0.408 e. The van der Waals surface area contributed by atoms with Crippen LogP contribution in [0.25, 0.3) is 0 Å². The fraction of sp³-hybridized carbons (Fsp3) is 0.500. The van der Waals surface area contributed by atoms with Crippen molar-refractivity contribution in [2.24, 2.45) is 0 Å². The number of carbonyl (C=O) groups is 1. The lowest BCUT2D eigenvalue weighted by Gasteiger charge is -2.45. The van der Waals surface area contributed by atoms with E-state index in [9.17, 15) is 9.90 Å². The molecule has 1 amide bonds. The Balaban J connectivity index is 3.30. The number of hydrogen-bond acceptors (Lipinski definition) is 1. The number of amides is 1. The SMILES string of the molecule is CC(C)(C)N(C(=O)O)C(C)(C)c1cccc(Br)c1. The molecule has 0 aliphatic carbocycles. The van der Waals surface area contributed by atoms with Crippen LogP contribution in [0.3, 0.4) is 0 Å². The molecule has 0 spiro atoms. The van der Waals surface area contributed by atoms with E-state index in [1.54, 1.807) is 0 Å². The van der Waals surface area contributed by atoms with E-state index in [0.717, 1.165) is 10.0 Å². The lowest BCUT2D eigenvalue weighted by Crippen LogP contribution is -2.54. The molecule has 4 heteroatoms. The topological polar surface area (TPSA) is 40.5 Å². The minimum Gasteiger partial charge on any atom is -0.465 e. The molecule has 0 unspecified atom stereocenters. The van der Waals surface area contributed by atoms with E-state index >= 15 is 0 Å². The van der Waals surface area contributed by atoms with Gasteiger partial charge in [0, 0.05) is 10.0 Å². The highest BCUT2D eigenvalue weighted by Gasteiger charge is 2.39. The van der Waals surface area contributed by atoms with Crippen LogP contribution in [0, 0.1) is 0 Å². The molecule has 0 aromatic heterocycles. The molecule has 0 fully saturated rings. The molecular weight excluding hydrogens is 294 g/mol. The van der Waals surface area contributed by atoms with Crippen molar-refractivity contribution in [1.82, 2.24) is 4.90 Å². The maximum atomic E-state index is 11.6. The van der Waals surface area contributed by atoms with Crippen LogP contribution in [0.1, 0.15) is 40.2 Å². The zero-order valence-corrected chi connectivity index (χ0v) is 13.1. The second-order valence-electron chi connectivity index (χ2n) is 5.86. The van der Waals surface area contributed by atoms with Crippen molar-refractivity contribution in [1.29, 1.82) is 0 Å². The third-order valence-electron chi connectivity index (χ3n) is 2.95. The van der Waals surface area contributed by atoms with Crippen molar-refractivity contribution in [2.45, 2.75) is 45.7 Å². The smallest absolute Gasteiger partial charge is 0.408 e. The summed E-state index contributed by atoms with van der Waals surface area (Å²) >= 11 is 3.43. The fourth-order valence-electron chi connectivity index (χ4n) is 2.36. The Morgan fingerprint density at radius 1 is 1.22 bits per heavy atom. The maximum absolute atomic E-state index is 11.6. The van der Waals surface area contributed by atoms with Gasteiger partial charge in [0.05, 0.1) is 5.54 Å². The normalized spacial score (nSPS) is 12.3. The average Bonchev–Trinajstić information content (AvgIpc) is 2.13. The Hall–Kier alpha value is -1.03. The summed E-state index contributed by atoms with van der Waals surface area (Å²) in [5.74, 6) is 0. The number of benzene rings is 1. The van der Waals surface area contributed by atoms with Gasteiger partial charge in [-0.1, -0.05) is 28.1 Å². The second kappa shape index (κ2) is 4.92. The largest absolute Gasteiger partial charge is 0.465 e. The van der Waals surface area contributed by atoms with Crippen molar-refractivity contribution in [3.05, 3.63) is 34.3 Å². The third-order valence-corrected chi connectivity index (χ3v) is 3.45. The van der Waals surface area contributed by atoms with Gasteiger partial charge >= 0.3 is 6.09 Å². The van der Waals surface area contributed by atoms with E-state index in [0.29, 0.717) is 0 Å². The Morgan fingerprint density at radius 3 is 2.17 bits per heavy atom. The minimum atomic E-state index is -0.910. The summed E-state index contributed by atoms with van der Waals surface area (Å²) < 4.78 is 0.951. The van der Waals surface area contributed by atoms with Crippen LogP contribution >= 0.6 is 15.9 Å². The van der Waals surface area contributed by atoms with Crippen molar-refractivity contribution >= 4 is 22.0 Å². The molecule has 100 valence electrons. The van der Waals surface area contributed by atoms with Gasteiger partial charge in [0.25, 0.3) is 0 Å². The summed E-state index contributed by atoms with van der Waals surface area (Å²) in [7, 11) is 0. The minimum absolute atomic E-state index is 0.461. The molecule has 0 saturated heterocycles. The first kappa shape index (κ1) is 15.0. The molecule has 1 aromatic carbocycles. The molecule has 18 heavy (non-hydrogen) atoms. The molecule has 1 N–H and O–H groups in total. The quantitative estimate of drug-likeness (QED) is 0.875. The van der Waals surface area contributed by atoms with Gasteiger partial charge in [-0.25, -0.2) is 4.79 Å². The van der Waals surface area contributed by atoms with Crippen molar-refractivity contribution in [3.8, 4) is 0 Å². The lowest BCUT2D eigenvalue weighted by molar-refractivity contribution is 0.0314. The van der Waals surface area contributed by atoms with E-state index in [4.69, 9.17) is 0 Å². The highest BCUT2D eigenvalue weighted by Crippen LogP contribution is 2.34. The zero-order chi connectivity index (χ0) is 14.1. The van der Waals surface area contributed by atoms with Crippen LogP contribution in [-0.4, -0.2) is 21.6 Å². The summed E-state index contributed by atoms with van der Waals surface area (Å²) in [4.78, 5) is 13.1. The Bertz CT molecular complexity index is 449. The third kappa shape index (κ3) is 3.05. The number of hydrogen-bond donors (Lipinski definition) is 1. The van der Waals surface area contributed by atoms with E-state index < -0.39 is 17.2 Å². The zero-order valence-electron chi connectivity index (χ0n) is 11.5. The van der Waals surface area contributed by atoms with Crippen LogP contribution < -0.4 is 0 Å². The number of rotatable bonds is 2. The van der Waals surface area contributed by atoms with E-state index in [1.807, 2.05) is 58.9 Å². The molecular formula is C14H20BrNO2. The first-order valence-electron chi connectivity index (χ1n) is 5.86. The number of nitrogens with zero attached hydrogens (tertiary/aromatic N) is 1. The number of halogens is 1. The number of carboxylic acid groups (broad SMARTS) is 1. The second-order valence-corrected chi connectivity index (χ2v) is 6.77. The molecule has 0 atom stereocenters. The van der Waals surface area contributed by atoms with Gasteiger partial charge in [-0.2, -0.15) is 0 Å². The van der Waals surface area contributed by atoms with E-state index in [1.165, 1.54) is 4.90 Å². The predicted octanol–water partition coefficient (Wildman–Crippen LogP) is 4.46. The molecule has 1 aromatic rings. The Labute approximate surface area is 117 Å².